The molecule has 0 atom stereocenters. The highest BCUT2D eigenvalue weighted by molar-refractivity contribution is 6.04. The minimum Gasteiger partial charge on any atom is -0.370 e. The minimum absolute atomic E-state index is 0.153. The van der Waals surface area contributed by atoms with Gasteiger partial charge in [-0.05, 0) is 38.1 Å². The Kier molecular flexibility index (Phi) is 4.13. The van der Waals surface area contributed by atoms with Gasteiger partial charge in [0.05, 0.1) is 5.56 Å². The van der Waals surface area contributed by atoms with Crippen LogP contribution in [-0.2, 0) is 0 Å². The topological polar surface area (TPSA) is 54.0 Å². The van der Waals surface area contributed by atoms with E-state index in [0.717, 1.165) is 23.6 Å². The summed E-state index contributed by atoms with van der Waals surface area (Å²) in [7, 11) is 0. The zero-order valence-electron chi connectivity index (χ0n) is 11.1. The summed E-state index contributed by atoms with van der Waals surface area (Å²) in [5.41, 5.74) is 2.49. The number of benzene rings is 1. The van der Waals surface area contributed by atoms with E-state index in [-0.39, 0.29) is 5.91 Å². The van der Waals surface area contributed by atoms with Crippen molar-refractivity contribution in [2.45, 2.75) is 13.8 Å². The minimum atomic E-state index is -0.153. The van der Waals surface area contributed by atoms with E-state index in [2.05, 4.69) is 15.6 Å². The molecule has 2 N–H and O–H groups in total. The highest BCUT2D eigenvalue weighted by atomic mass is 16.1. The van der Waals surface area contributed by atoms with Gasteiger partial charge >= 0.3 is 0 Å². The van der Waals surface area contributed by atoms with Crippen LogP contribution in [0.2, 0.25) is 0 Å². The largest absolute Gasteiger partial charge is 0.370 e. The summed E-state index contributed by atoms with van der Waals surface area (Å²) >= 11 is 0. The summed E-state index contributed by atoms with van der Waals surface area (Å²) in [4.78, 5) is 16.2. The highest BCUT2D eigenvalue weighted by Crippen LogP contribution is 2.11. The molecule has 0 aliphatic heterocycles. The Hall–Kier alpha value is -2.36. The van der Waals surface area contributed by atoms with Crippen LogP contribution in [-0.4, -0.2) is 17.4 Å². The van der Waals surface area contributed by atoms with Crippen molar-refractivity contribution >= 4 is 17.4 Å². The van der Waals surface area contributed by atoms with E-state index < -0.39 is 0 Å². The van der Waals surface area contributed by atoms with E-state index >= 15 is 0 Å². The van der Waals surface area contributed by atoms with E-state index in [1.165, 1.54) is 0 Å². The molecule has 4 nitrogen and oxygen atoms in total. The van der Waals surface area contributed by atoms with Crippen molar-refractivity contribution < 1.29 is 4.79 Å². The number of pyridine rings is 1. The standard InChI is InChI=1S/C15H17N3O/c1-3-16-14-9-6-12(10-17-14)15(19)18-13-7-4-11(2)5-8-13/h4-10H,3H2,1-2H3,(H,16,17)(H,18,19). The molecule has 19 heavy (non-hydrogen) atoms. The molecule has 0 spiro atoms. The summed E-state index contributed by atoms with van der Waals surface area (Å²) in [5.74, 6) is 0.619. The maximum Gasteiger partial charge on any atom is 0.257 e. The lowest BCUT2D eigenvalue weighted by Gasteiger charge is -2.06. The molecule has 2 rings (SSSR count). The van der Waals surface area contributed by atoms with Crippen LogP contribution in [0.15, 0.2) is 42.6 Å². The van der Waals surface area contributed by atoms with Crippen LogP contribution in [0.1, 0.15) is 22.8 Å². The van der Waals surface area contributed by atoms with E-state index in [1.54, 1.807) is 18.3 Å². The molecule has 0 saturated heterocycles. The summed E-state index contributed by atoms with van der Waals surface area (Å²) in [6.07, 6.45) is 1.57. The van der Waals surface area contributed by atoms with E-state index in [1.807, 2.05) is 38.1 Å². The number of nitrogens with zero attached hydrogens (tertiary/aromatic N) is 1. The van der Waals surface area contributed by atoms with Gasteiger partial charge < -0.3 is 10.6 Å². The molecule has 1 aromatic carbocycles. The van der Waals surface area contributed by atoms with Gasteiger partial charge in [0.25, 0.3) is 5.91 Å². The summed E-state index contributed by atoms with van der Waals surface area (Å²) in [6, 6.07) is 11.2. The first kappa shape index (κ1) is 13.1. The van der Waals surface area contributed by atoms with Gasteiger partial charge in [-0.2, -0.15) is 0 Å². The first-order chi connectivity index (χ1) is 9.19. The number of carbonyl (C=O) groups is 1. The van der Waals surface area contributed by atoms with Gasteiger partial charge in [-0.25, -0.2) is 4.98 Å². The summed E-state index contributed by atoms with van der Waals surface area (Å²) in [6.45, 7) is 4.82. The van der Waals surface area contributed by atoms with Crippen LogP contribution in [0.4, 0.5) is 11.5 Å². The first-order valence-corrected chi connectivity index (χ1v) is 6.27. The average Bonchev–Trinajstić information content (AvgIpc) is 2.42. The Morgan fingerprint density at radius 3 is 2.47 bits per heavy atom. The Balaban J connectivity index is 2.05. The molecule has 0 bridgehead atoms. The molecular weight excluding hydrogens is 238 g/mol. The van der Waals surface area contributed by atoms with Gasteiger partial charge in [-0.15, -0.1) is 0 Å². The molecule has 0 aliphatic carbocycles. The Bertz CT molecular complexity index is 547. The molecule has 0 radical (unpaired) electrons. The smallest absolute Gasteiger partial charge is 0.257 e. The van der Waals surface area contributed by atoms with Gasteiger partial charge in [-0.3, -0.25) is 4.79 Å². The van der Waals surface area contributed by atoms with Gasteiger partial charge in [0, 0.05) is 18.4 Å². The molecular formula is C15H17N3O. The van der Waals surface area contributed by atoms with Crippen LogP contribution in [0.5, 0.6) is 0 Å². The quantitative estimate of drug-likeness (QED) is 0.882. The third-order valence-corrected chi connectivity index (χ3v) is 2.69. The fraction of sp³-hybridized carbons (Fsp3) is 0.200. The number of aryl methyl sites for hydroxylation is 1. The molecule has 2 aromatic rings. The molecule has 0 saturated carbocycles. The molecule has 0 unspecified atom stereocenters. The van der Waals surface area contributed by atoms with E-state index in [9.17, 15) is 4.79 Å². The summed E-state index contributed by atoms with van der Waals surface area (Å²) < 4.78 is 0. The number of hydrogen-bond acceptors (Lipinski definition) is 3. The van der Waals surface area contributed by atoms with Gasteiger partial charge in [0.15, 0.2) is 0 Å². The molecule has 4 heteroatoms. The number of anilines is 2. The van der Waals surface area contributed by atoms with Crippen molar-refractivity contribution in [3.05, 3.63) is 53.7 Å². The number of amides is 1. The van der Waals surface area contributed by atoms with Crippen molar-refractivity contribution in [2.24, 2.45) is 0 Å². The van der Waals surface area contributed by atoms with E-state index in [4.69, 9.17) is 0 Å². The van der Waals surface area contributed by atoms with Crippen LogP contribution < -0.4 is 10.6 Å². The lowest BCUT2D eigenvalue weighted by molar-refractivity contribution is 0.102. The molecule has 0 aliphatic rings. The van der Waals surface area contributed by atoms with Gasteiger partial charge in [0.2, 0.25) is 0 Å². The van der Waals surface area contributed by atoms with Crippen LogP contribution in [0.3, 0.4) is 0 Å². The second kappa shape index (κ2) is 6.00. The molecule has 1 aromatic heterocycles. The lowest BCUT2D eigenvalue weighted by atomic mass is 10.2. The fourth-order valence-corrected chi connectivity index (χ4v) is 1.65. The van der Waals surface area contributed by atoms with Crippen molar-refractivity contribution in [3.8, 4) is 0 Å². The van der Waals surface area contributed by atoms with Crippen molar-refractivity contribution in [1.29, 1.82) is 0 Å². The zero-order valence-corrected chi connectivity index (χ0v) is 11.1. The average molecular weight is 255 g/mol. The van der Waals surface area contributed by atoms with Crippen LogP contribution in [0, 0.1) is 6.92 Å². The Morgan fingerprint density at radius 2 is 1.89 bits per heavy atom. The fourth-order valence-electron chi connectivity index (χ4n) is 1.65. The predicted molar refractivity (Wildman–Crippen MR) is 77.5 cm³/mol. The third-order valence-electron chi connectivity index (χ3n) is 2.69. The maximum absolute atomic E-state index is 12.0. The van der Waals surface area contributed by atoms with Gasteiger partial charge in [0.1, 0.15) is 5.82 Å². The number of aromatic nitrogens is 1. The predicted octanol–water partition coefficient (Wildman–Crippen LogP) is 3.07. The third kappa shape index (κ3) is 3.55. The Labute approximate surface area is 112 Å². The maximum atomic E-state index is 12.0. The highest BCUT2D eigenvalue weighted by Gasteiger charge is 2.06. The molecule has 1 heterocycles. The summed E-state index contributed by atoms with van der Waals surface area (Å²) in [5, 5.41) is 5.92. The van der Waals surface area contributed by atoms with Crippen LogP contribution in [0.25, 0.3) is 0 Å². The Morgan fingerprint density at radius 1 is 1.16 bits per heavy atom. The molecule has 0 fully saturated rings. The second-order valence-electron chi connectivity index (χ2n) is 4.28. The number of rotatable bonds is 4. The monoisotopic (exact) mass is 255 g/mol. The first-order valence-electron chi connectivity index (χ1n) is 6.27. The lowest BCUT2D eigenvalue weighted by Crippen LogP contribution is -2.12. The SMILES string of the molecule is CCNc1ccc(C(=O)Nc2ccc(C)cc2)cn1. The van der Waals surface area contributed by atoms with Gasteiger partial charge in [-0.1, -0.05) is 17.7 Å². The molecule has 98 valence electrons. The second-order valence-corrected chi connectivity index (χ2v) is 4.28. The van der Waals surface area contributed by atoms with Crippen molar-refractivity contribution in [3.63, 3.8) is 0 Å². The normalized spacial score (nSPS) is 10.0. The van der Waals surface area contributed by atoms with Crippen molar-refractivity contribution in [1.82, 2.24) is 4.98 Å². The number of nitrogens with one attached hydrogen (secondary N) is 2. The number of carbonyl (C=O) groups excluding carboxylic acids is 1. The number of hydrogen-bond donors (Lipinski definition) is 2. The molecule has 1 amide bonds. The van der Waals surface area contributed by atoms with E-state index in [0.29, 0.717) is 5.56 Å². The van der Waals surface area contributed by atoms with Crippen molar-refractivity contribution in [2.75, 3.05) is 17.2 Å². The zero-order chi connectivity index (χ0) is 13.7. The van der Waals surface area contributed by atoms with Crippen LogP contribution >= 0.6 is 0 Å².